The molecule has 1 rings (SSSR count). The van der Waals surface area contributed by atoms with Crippen molar-refractivity contribution in [3.05, 3.63) is 29.3 Å². The molecule has 116 valence electrons. The maximum Gasteiger partial charge on any atom is 0.321 e. The van der Waals surface area contributed by atoms with Crippen molar-refractivity contribution in [1.82, 2.24) is 0 Å². The van der Waals surface area contributed by atoms with E-state index in [1.807, 2.05) is 32.0 Å². The molecular formula is C15H22N2O3S. The SMILES string of the molecule is Cc1ccc(C)c(NC(=O)CSC(C)(C)[C@@H](N)C(=O)O)c1. The summed E-state index contributed by atoms with van der Waals surface area (Å²) < 4.78 is -0.717. The summed E-state index contributed by atoms with van der Waals surface area (Å²) in [6.45, 7) is 7.33. The van der Waals surface area contributed by atoms with Gasteiger partial charge in [-0.2, -0.15) is 0 Å². The van der Waals surface area contributed by atoms with Gasteiger partial charge >= 0.3 is 5.97 Å². The molecule has 0 radical (unpaired) electrons. The molecule has 0 fully saturated rings. The van der Waals surface area contributed by atoms with Crippen LogP contribution in [0.5, 0.6) is 0 Å². The Hall–Kier alpha value is -1.53. The highest BCUT2D eigenvalue weighted by atomic mass is 32.2. The van der Waals surface area contributed by atoms with E-state index in [2.05, 4.69) is 5.32 Å². The third kappa shape index (κ3) is 5.06. The highest BCUT2D eigenvalue weighted by Crippen LogP contribution is 2.27. The number of aliphatic carboxylic acids is 1. The molecule has 1 aromatic rings. The molecular weight excluding hydrogens is 288 g/mol. The van der Waals surface area contributed by atoms with Gasteiger partial charge in [-0.3, -0.25) is 9.59 Å². The molecule has 21 heavy (non-hydrogen) atoms. The highest BCUT2D eigenvalue weighted by molar-refractivity contribution is 8.01. The van der Waals surface area contributed by atoms with Gasteiger partial charge in [-0.1, -0.05) is 12.1 Å². The fourth-order valence-corrected chi connectivity index (χ4v) is 2.55. The van der Waals surface area contributed by atoms with Crippen LogP contribution in [-0.4, -0.2) is 33.5 Å². The molecule has 0 unspecified atom stereocenters. The Balaban J connectivity index is 2.62. The van der Waals surface area contributed by atoms with Crippen molar-refractivity contribution in [2.24, 2.45) is 5.73 Å². The predicted octanol–water partition coefficient (Wildman–Crippen LogP) is 2.17. The van der Waals surface area contributed by atoms with Crippen LogP contribution >= 0.6 is 11.8 Å². The van der Waals surface area contributed by atoms with Gasteiger partial charge in [0.05, 0.1) is 5.75 Å². The van der Waals surface area contributed by atoms with Crippen molar-refractivity contribution in [2.75, 3.05) is 11.1 Å². The lowest BCUT2D eigenvalue weighted by Gasteiger charge is -2.27. The van der Waals surface area contributed by atoms with Crippen molar-refractivity contribution in [3.63, 3.8) is 0 Å². The van der Waals surface area contributed by atoms with Gasteiger partial charge in [0, 0.05) is 10.4 Å². The molecule has 1 amide bonds. The van der Waals surface area contributed by atoms with E-state index in [1.165, 1.54) is 11.8 Å². The van der Waals surface area contributed by atoms with Gasteiger partial charge in [-0.05, 0) is 44.9 Å². The van der Waals surface area contributed by atoms with E-state index >= 15 is 0 Å². The number of amides is 1. The Labute approximate surface area is 129 Å². The Morgan fingerprint density at radius 2 is 2.00 bits per heavy atom. The van der Waals surface area contributed by atoms with E-state index < -0.39 is 16.8 Å². The number of aryl methyl sites for hydroxylation is 2. The number of nitrogens with two attached hydrogens (primary N) is 1. The first-order valence-corrected chi connectivity index (χ1v) is 7.61. The minimum absolute atomic E-state index is 0.154. The molecule has 0 aromatic heterocycles. The summed E-state index contributed by atoms with van der Waals surface area (Å²) >= 11 is 1.23. The number of anilines is 1. The third-order valence-corrected chi connectivity index (χ3v) is 4.66. The van der Waals surface area contributed by atoms with E-state index in [4.69, 9.17) is 10.8 Å². The van der Waals surface area contributed by atoms with Gasteiger partial charge < -0.3 is 16.2 Å². The summed E-state index contributed by atoms with van der Waals surface area (Å²) in [7, 11) is 0. The van der Waals surface area contributed by atoms with E-state index in [1.54, 1.807) is 13.8 Å². The Morgan fingerprint density at radius 1 is 1.38 bits per heavy atom. The average Bonchev–Trinajstić information content (AvgIpc) is 2.39. The molecule has 5 nitrogen and oxygen atoms in total. The van der Waals surface area contributed by atoms with Crippen LogP contribution in [0.15, 0.2) is 18.2 Å². The highest BCUT2D eigenvalue weighted by Gasteiger charge is 2.33. The molecule has 0 bridgehead atoms. The number of nitrogens with one attached hydrogen (secondary N) is 1. The molecule has 4 N–H and O–H groups in total. The van der Waals surface area contributed by atoms with Crippen molar-refractivity contribution >= 4 is 29.3 Å². The summed E-state index contributed by atoms with van der Waals surface area (Å²) in [5.41, 5.74) is 8.46. The molecule has 0 saturated heterocycles. The minimum atomic E-state index is -1.07. The van der Waals surface area contributed by atoms with Gasteiger partial charge in [-0.15, -0.1) is 11.8 Å². The minimum Gasteiger partial charge on any atom is -0.480 e. The summed E-state index contributed by atoms with van der Waals surface area (Å²) in [4.78, 5) is 22.9. The Kier molecular flexibility index (Phi) is 5.80. The summed E-state index contributed by atoms with van der Waals surface area (Å²) in [6, 6.07) is 4.82. The summed E-state index contributed by atoms with van der Waals surface area (Å²) in [5, 5.41) is 11.8. The quantitative estimate of drug-likeness (QED) is 0.749. The van der Waals surface area contributed by atoms with Gasteiger partial charge in [0.15, 0.2) is 0 Å². The average molecular weight is 310 g/mol. The second kappa shape index (κ2) is 6.95. The molecule has 0 aliphatic rings. The Bertz CT molecular complexity index is 544. The lowest BCUT2D eigenvalue weighted by molar-refractivity contribution is -0.139. The first-order chi connectivity index (χ1) is 9.63. The zero-order valence-electron chi connectivity index (χ0n) is 12.8. The van der Waals surface area contributed by atoms with E-state index in [0.717, 1.165) is 16.8 Å². The van der Waals surface area contributed by atoms with Crippen molar-refractivity contribution in [1.29, 1.82) is 0 Å². The lowest BCUT2D eigenvalue weighted by Crippen LogP contribution is -2.47. The van der Waals surface area contributed by atoms with Crippen LogP contribution in [0.1, 0.15) is 25.0 Å². The largest absolute Gasteiger partial charge is 0.480 e. The second-order valence-corrected chi connectivity index (χ2v) is 7.20. The number of carboxylic acid groups (broad SMARTS) is 1. The van der Waals surface area contributed by atoms with E-state index in [-0.39, 0.29) is 11.7 Å². The first-order valence-electron chi connectivity index (χ1n) is 6.63. The number of benzene rings is 1. The molecule has 0 aliphatic carbocycles. The topological polar surface area (TPSA) is 92.4 Å². The molecule has 0 aliphatic heterocycles. The number of carbonyl (C=O) groups is 2. The molecule has 0 heterocycles. The zero-order chi connectivity index (χ0) is 16.2. The standard InChI is InChI=1S/C15H22N2O3S/c1-9-5-6-10(2)11(7-9)17-12(18)8-21-15(3,4)13(16)14(19)20/h5-7,13H,8,16H2,1-4H3,(H,17,18)(H,19,20)/t13-/m0/s1. The van der Waals surface area contributed by atoms with E-state index in [9.17, 15) is 9.59 Å². The lowest BCUT2D eigenvalue weighted by atomic mass is 10.1. The van der Waals surface area contributed by atoms with Crippen LogP contribution in [0.2, 0.25) is 0 Å². The van der Waals surface area contributed by atoms with Crippen molar-refractivity contribution in [2.45, 2.75) is 38.5 Å². The molecule has 1 atom stereocenters. The normalized spacial score (nSPS) is 12.8. The monoisotopic (exact) mass is 310 g/mol. The fraction of sp³-hybridized carbons (Fsp3) is 0.467. The van der Waals surface area contributed by atoms with Gasteiger partial charge in [0.2, 0.25) is 5.91 Å². The molecule has 6 heteroatoms. The van der Waals surface area contributed by atoms with Gasteiger partial charge in [0.1, 0.15) is 6.04 Å². The van der Waals surface area contributed by atoms with Crippen LogP contribution in [-0.2, 0) is 9.59 Å². The number of rotatable bonds is 6. The molecule has 0 spiro atoms. The maximum absolute atomic E-state index is 12.0. The second-order valence-electron chi connectivity index (χ2n) is 5.57. The van der Waals surface area contributed by atoms with Crippen LogP contribution in [0.25, 0.3) is 0 Å². The maximum atomic E-state index is 12.0. The number of carboxylic acids is 1. The fourth-order valence-electron chi connectivity index (χ4n) is 1.70. The van der Waals surface area contributed by atoms with Crippen molar-refractivity contribution in [3.8, 4) is 0 Å². The van der Waals surface area contributed by atoms with Crippen LogP contribution < -0.4 is 11.1 Å². The number of hydrogen-bond acceptors (Lipinski definition) is 4. The van der Waals surface area contributed by atoms with Crippen LogP contribution in [0, 0.1) is 13.8 Å². The number of carbonyl (C=O) groups excluding carboxylic acids is 1. The predicted molar refractivity (Wildman–Crippen MR) is 86.7 cm³/mol. The van der Waals surface area contributed by atoms with E-state index in [0.29, 0.717) is 0 Å². The molecule has 0 saturated carbocycles. The summed E-state index contributed by atoms with van der Waals surface area (Å²) in [6.07, 6.45) is 0. The Morgan fingerprint density at radius 3 is 2.57 bits per heavy atom. The smallest absolute Gasteiger partial charge is 0.321 e. The van der Waals surface area contributed by atoms with Crippen molar-refractivity contribution < 1.29 is 14.7 Å². The van der Waals surface area contributed by atoms with Gasteiger partial charge in [0.25, 0.3) is 0 Å². The number of thioether (sulfide) groups is 1. The third-order valence-electron chi connectivity index (χ3n) is 3.26. The van der Waals surface area contributed by atoms with Gasteiger partial charge in [-0.25, -0.2) is 0 Å². The first kappa shape index (κ1) is 17.5. The van der Waals surface area contributed by atoms with Crippen LogP contribution in [0.4, 0.5) is 5.69 Å². The number of hydrogen-bond donors (Lipinski definition) is 3. The van der Waals surface area contributed by atoms with Crippen LogP contribution in [0.3, 0.4) is 0 Å². The zero-order valence-corrected chi connectivity index (χ0v) is 13.6. The summed E-state index contributed by atoms with van der Waals surface area (Å²) in [5.74, 6) is -1.08. The molecule has 1 aromatic carbocycles.